The Morgan fingerprint density at radius 2 is 2.16 bits per heavy atom. The zero-order valence-corrected chi connectivity index (χ0v) is 10.8. The topological polar surface area (TPSA) is 107 Å². The lowest BCUT2D eigenvalue weighted by Gasteiger charge is -2.07. The van der Waals surface area contributed by atoms with Crippen LogP contribution in [0.5, 0.6) is 0 Å². The summed E-state index contributed by atoms with van der Waals surface area (Å²) in [5, 5.41) is 18.7. The third kappa shape index (κ3) is 4.04. The van der Waals surface area contributed by atoms with E-state index in [1.165, 1.54) is 6.07 Å². The van der Waals surface area contributed by atoms with Gasteiger partial charge in [0.2, 0.25) is 5.12 Å². The number of non-ortho nitro benzene ring substituents is 1. The molecule has 0 aliphatic heterocycles. The molecule has 7 nitrogen and oxygen atoms in total. The van der Waals surface area contributed by atoms with Crippen LogP contribution in [0, 0.1) is 10.1 Å². The highest BCUT2D eigenvalue weighted by atomic mass is 32.2. The maximum absolute atomic E-state index is 11.6. The number of aliphatic hydroxyl groups excluding tert-OH is 1. The summed E-state index contributed by atoms with van der Waals surface area (Å²) in [4.78, 5) is 32.9. The Bertz CT molecular complexity index is 516. The lowest BCUT2D eigenvalue weighted by molar-refractivity contribution is -0.385. The molecular formula is C11H11NO6S. The Labute approximate surface area is 112 Å². The summed E-state index contributed by atoms with van der Waals surface area (Å²) in [6, 6.07) is 3.48. The van der Waals surface area contributed by atoms with Crippen LogP contribution < -0.4 is 0 Å². The number of esters is 1. The second kappa shape index (κ2) is 6.86. The molecule has 0 aromatic heterocycles. The number of nitro benzene ring substituents is 1. The van der Waals surface area contributed by atoms with Crippen LogP contribution in [0.2, 0.25) is 0 Å². The molecule has 1 rings (SSSR count). The van der Waals surface area contributed by atoms with E-state index in [1.807, 2.05) is 0 Å². The molecule has 0 fully saturated rings. The van der Waals surface area contributed by atoms with Crippen molar-refractivity contribution < 1.29 is 24.4 Å². The van der Waals surface area contributed by atoms with Crippen molar-refractivity contribution in [1.29, 1.82) is 0 Å². The summed E-state index contributed by atoms with van der Waals surface area (Å²) < 4.78 is 4.79. The number of carbonyl (C=O) groups is 2. The van der Waals surface area contributed by atoms with Gasteiger partial charge in [0.25, 0.3) is 5.69 Å². The van der Waals surface area contributed by atoms with Crippen LogP contribution in [-0.2, 0) is 9.53 Å². The van der Waals surface area contributed by atoms with Gasteiger partial charge in [-0.15, -0.1) is 0 Å². The molecule has 0 heterocycles. The van der Waals surface area contributed by atoms with Crippen molar-refractivity contribution in [1.82, 2.24) is 0 Å². The van der Waals surface area contributed by atoms with E-state index >= 15 is 0 Å². The molecule has 0 amide bonds. The first-order chi connectivity index (χ1) is 8.99. The number of hydrogen-bond donors (Lipinski definition) is 1. The lowest BCUT2D eigenvalue weighted by Crippen LogP contribution is -2.08. The molecule has 0 bridgehead atoms. The van der Waals surface area contributed by atoms with Crippen LogP contribution in [0.3, 0.4) is 0 Å². The minimum absolute atomic E-state index is 0.0549. The fourth-order valence-corrected chi connectivity index (χ4v) is 1.99. The highest BCUT2D eigenvalue weighted by Gasteiger charge is 2.19. The molecule has 102 valence electrons. The van der Waals surface area contributed by atoms with Crippen LogP contribution in [0.4, 0.5) is 5.69 Å². The maximum Gasteiger partial charge on any atom is 0.339 e. The van der Waals surface area contributed by atoms with Crippen LogP contribution in [0.1, 0.15) is 17.3 Å². The van der Waals surface area contributed by atoms with Crippen molar-refractivity contribution in [3.63, 3.8) is 0 Å². The van der Waals surface area contributed by atoms with Gasteiger partial charge in [0.15, 0.2) is 0 Å². The number of ether oxygens (including phenoxy) is 1. The van der Waals surface area contributed by atoms with E-state index in [2.05, 4.69) is 0 Å². The molecule has 1 aromatic carbocycles. The van der Waals surface area contributed by atoms with Gasteiger partial charge in [-0.25, -0.2) is 4.79 Å². The van der Waals surface area contributed by atoms with Crippen LogP contribution >= 0.6 is 11.8 Å². The van der Waals surface area contributed by atoms with E-state index in [-0.39, 0.29) is 22.8 Å². The standard InChI is InChI=1S/C11H11NO6S/c1-2-18-11(15)8-4-3-7(12(16)17)5-9(8)19-10(14)6-13/h3-5,13H,2,6H2,1H3. The van der Waals surface area contributed by atoms with Gasteiger partial charge in [-0.2, -0.15) is 0 Å². The van der Waals surface area contributed by atoms with E-state index in [4.69, 9.17) is 9.84 Å². The van der Waals surface area contributed by atoms with Gasteiger partial charge in [0.1, 0.15) is 6.61 Å². The molecule has 1 N–H and O–H groups in total. The Morgan fingerprint density at radius 3 is 2.68 bits per heavy atom. The largest absolute Gasteiger partial charge is 0.462 e. The highest BCUT2D eigenvalue weighted by molar-refractivity contribution is 8.13. The molecule has 0 aliphatic carbocycles. The lowest BCUT2D eigenvalue weighted by atomic mass is 10.2. The highest BCUT2D eigenvalue weighted by Crippen LogP contribution is 2.28. The Morgan fingerprint density at radius 1 is 1.47 bits per heavy atom. The summed E-state index contributed by atoms with van der Waals surface area (Å²) in [6.45, 7) is 1.04. The number of rotatable bonds is 5. The summed E-state index contributed by atoms with van der Waals surface area (Å²) in [7, 11) is 0. The van der Waals surface area contributed by atoms with Crippen LogP contribution in [-0.4, -0.2) is 34.3 Å². The summed E-state index contributed by atoms with van der Waals surface area (Å²) >= 11 is 0.562. The van der Waals surface area contributed by atoms with Crippen molar-refractivity contribution in [3.05, 3.63) is 33.9 Å². The van der Waals surface area contributed by atoms with Gasteiger partial charge >= 0.3 is 5.97 Å². The van der Waals surface area contributed by atoms with E-state index in [1.54, 1.807) is 6.92 Å². The Balaban J connectivity index is 3.18. The average molecular weight is 285 g/mol. The zero-order chi connectivity index (χ0) is 14.4. The molecule has 8 heteroatoms. The molecule has 0 saturated carbocycles. The molecular weight excluding hydrogens is 274 g/mol. The summed E-state index contributed by atoms with van der Waals surface area (Å²) in [5.74, 6) is -0.675. The SMILES string of the molecule is CCOC(=O)c1ccc([N+](=O)[O-])cc1SC(=O)CO. The molecule has 0 saturated heterocycles. The molecule has 0 spiro atoms. The van der Waals surface area contributed by atoms with Gasteiger partial charge in [0.05, 0.1) is 17.1 Å². The van der Waals surface area contributed by atoms with E-state index < -0.39 is 22.6 Å². The number of thioether (sulfide) groups is 1. The normalized spacial score (nSPS) is 10.0. The first-order valence-electron chi connectivity index (χ1n) is 5.26. The number of aliphatic hydroxyl groups is 1. The van der Waals surface area contributed by atoms with Gasteiger partial charge < -0.3 is 9.84 Å². The van der Waals surface area contributed by atoms with Gasteiger partial charge in [0, 0.05) is 17.0 Å². The smallest absolute Gasteiger partial charge is 0.339 e. The van der Waals surface area contributed by atoms with Crippen molar-refractivity contribution in [2.24, 2.45) is 0 Å². The van der Waals surface area contributed by atoms with Gasteiger partial charge in [-0.3, -0.25) is 14.9 Å². The number of nitro groups is 1. The van der Waals surface area contributed by atoms with Crippen molar-refractivity contribution >= 4 is 28.5 Å². The molecule has 0 radical (unpaired) electrons. The van der Waals surface area contributed by atoms with E-state index in [0.29, 0.717) is 11.8 Å². The molecule has 0 unspecified atom stereocenters. The number of benzene rings is 1. The predicted molar refractivity (Wildman–Crippen MR) is 67.0 cm³/mol. The van der Waals surface area contributed by atoms with Crippen molar-refractivity contribution in [2.45, 2.75) is 11.8 Å². The zero-order valence-electron chi connectivity index (χ0n) is 9.99. The molecule has 0 aliphatic rings. The van der Waals surface area contributed by atoms with Crippen LogP contribution in [0.25, 0.3) is 0 Å². The van der Waals surface area contributed by atoms with Crippen molar-refractivity contribution in [2.75, 3.05) is 13.2 Å². The summed E-state index contributed by atoms with van der Waals surface area (Å²) in [6.07, 6.45) is 0. The predicted octanol–water partition coefficient (Wildman–Crippen LogP) is 1.38. The van der Waals surface area contributed by atoms with Gasteiger partial charge in [-0.1, -0.05) is 0 Å². The van der Waals surface area contributed by atoms with E-state index in [0.717, 1.165) is 12.1 Å². The fraction of sp³-hybridized carbons (Fsp3) is 0.273. The fourth-order valence-electron chi connectivity index (χ4n) is 1.24. The van der Waals surface area contributed by atoms with Crippen molar-refractivity contribution in [3.8, 4) is 0 Å². The number of hydrogen-bond acceptors (Lipinski definition) is 7. The third-order valence-electron chi connectivity index (χ3n) is 2.02. The average Bonchev–Trinajstić information content (AvgIpc) is 2.38. The quantitative estimate of drug-likeness (QED) is 0.377. The number of carbonyl (C=O) groups excluding carboxylic acids is 2. The first kappa shape index (κ1) is 15.1. The Kier molecular flexibility index (Phi) is 5.46. The second-order valence-electron chi connectivity index (χ2n) is 3.29. The molecule has 0 atom stereocenters. The molecule has 1 aromatic rings. The second-order valence-corrected chi connectivity index (χ2v) is 4.39. The minimum Gasteiger partial charge on any atom is -0.462 e. The first-order valence-corrected chi connectivity index (χ1v) is 6.08. The monoisotopic (exact) mass is 285 g/mol. The van der Waals surface area contributed by atoms with Crippen LogP contribution in [0.15, 0.2) is 23.1 Å². The maximum atomic E-state index is 11.6. The third-order valence-corrected chi connectivity index (χ3v) is 2.94. The van der Waals surface area contributed by atoms with Gasteiger partial charge in [-0.05, 0) is 24.8 Å². The van der Waals surface area contributed by atoms with E-state index in [9.17, 15) is 19.7 Å². The molecule has 19 heavy (non-hydrogen) atoms. The summed E-state index contributed by atoms with van der Waals surface area (Å²) in [5.41, 5.74) is -0.194. The number of nitrogens with zero attached hydrogens (tertiary/aromatic N) is 1. The minimum atomic E-state index is -0.727. The Hall–Kier alpha value is -1.93.